The number of carbonyl (C=O) groups excluding carboxylic acids is 1. The highest BCUT2D eigenvalue weighted by Crippen LogP contribution is 2.29. The maximum atomic E-state index is 12.5. The molecule has 1 aromatic carbocycles. The monoisotopic (exact) mass is 381 g/mol. The third-order valence-electron chi connectivity index (χ3n) is 5.28. The fourth-order valence-electron chi connectivity index (χ4n) is 3.62. The summed E-state index contributed by atoms with van der Waals surface area (Å²) in [5, 5.41) is 3.03. The first-order valence-corrected chi connectivity index (χ1v) is 10.7. The van der Waals surface area contributed by atoms with Crippen LogP contribution in [0.1, 0.15) is 48.9 Å². The van der Waals surface area contributed by atoms with E-state index in [1.807, 2.05) is 0 Å². The van der Waals surface area contributed by atoms with Crippen LogP contribution in [0.15, 0.2) is 29.2 Å². The highest BCUT2D eigenvalue weighted by molar-refractivity contribution is 7.89. The third kappa shape index (κ3) is 4.43. The largest absolute Gasteiger partial charge is 0.377 e. The molecule has 1 aromatic rings. The molecule has 0 aromatic heterocycles. The molecule has 26 heavy (non-hydrogen) atoms. The number of hydrogen-bond acceptors (Lipinski definition) is 5. The van der Waals surface area contributed by atoms with E-state index in [1.54, 1.807) is 0 Å². The third-order valence-corrected chi connectivity index (χ3v) is 6.72. The molecule has 0 bridgehead atoms. The second kappa shape index (κ2) is 8.04. The molecule has 1 saturated carbocycles. The molecule has 2 aliphatic rings. The van der Waals surface area contributed by atoms with Gasteiger partial charge in [-0.15, -0.1) is 0 Å². The smallest absolute Gasteiger partial charge is 0.251 e. The lowest BCUT2D eigenvalue weighted by Crippen LogP contribution is -2.51. The molecule has 3 rings (SSSR count). The van der Waals surface area contributed by atoms with Crippen LogP contribution in [0.3, 0.4) is 0 Å². The first kappa shape index (κ1) is 19.3. The lowest BCUT2D eigenvalue weighted by Gasteiger charge is -2.28. The van der Waals surface area contributed by atoms with Gasteiger partial charge in [0.25, 0.3) is 5.91 Å². The van der Waals surface area contributed by atoms with Crippen LogP contribution < -0.4 is 15.8 Å². The normalized spacial score (nSPS) is 22.4. The van der Waals surface area contributed by atoms with Crippen molar-refractivity contribution < 1.29 is 17.9 Å². The van der Waals surface area contributed by atoms with Crippen molar-refractivity contribution >= 4 is 15.9 Å². The Morgan fingerprint density at radius 3 is 2.46 bits per heavy atom. The van der Waals surface area contributed by atoms with E-state index in [4.69, 9.17) is 10.5 Å². The van der Waals surface area contributed by atoms with Crippen LogP contribution in [0, 0.1) is 0 Å². The standard InChI is InChI=1S/C18H27N3O4S/c19-13-18(9-1-2-10-18)21-17(22)14-5-7-16(8-6-14)26(23,24)20-12-15-4-3-11-25-15/h5-8,15,20H,1-4,9-13,19H2,(H,21,22). The lowest BCUT2D eigenvalue weighted by atomic mass is 9.97. The molecule has 8 heteroatoms. The number of hydrogen-bond donors (Lipinski definition) is 3. The number of carbonyl (C=O) groups is 1. The fourth-order valence-corrected chi connectivity index (χ4v) is 4.69. The van der Waals surface area contributed by atoms with Crippen LogP contribution in [0.4, 0.5) is 0 Å². The van der Waals surface area contributed by atoms with E-state index in [0.717, 1.165) is 38.5 Å². The molecule has 144 valence electrons. The van der Waals surface area contributed by atoms with Gasteiger partial charge in [0.15, 0.2) is 0 Å². The molecule has 1 unspecified atom stereocenters. The maximum absolute atomic E-state index is 12.5. The summed E-state index contributed by atoms with van der Waals surface area (Å²) in [4.78, 5) is 12.6. The highest BCUT2D eigenvalue weighted by atomic mass is 32.2. The van der Waals surface area contributed by atoms with Crippen LogP contribution in [0.25, 0.3) is 0 Å². The second-order valence-electron chi connectivity index (χ2n) is 7.16. The van der Waals surface area contributed by atoms with E-state index < -0.39 is 10.0 Å². The summed E-state index contributed by atoms with van der Waals surface area (Å²) in [6.45, 7) is 1.36. The van der Waals surface area contributed by atoms with Crippen LogP contribution in [-0.2, 0) is 14.8 Å². The molecule has 7 nitrogen and oxygen atoms in total. The van der Waals surface area contributed by atoms with E-state index in [1.165, 1.54) is 24.3 Å². The van der Waals surface area contributed by atoms with Crippen molar-refractivity contribution in [1.82, 2.24) is 10.0 Å². The molecular weight excluding hydrogens is 354 g/mol. The summed E-state index contributed by atoms with van der Waals surface area (Å²) >= 11 is 0. The number of nitrogens with two attached hydrogens (primary N) is 1. The summed E-state index contributed by atoms with van der Waals surface area (Å²) < 4.78 is 32.7. The van der Waals surface area contributed by atoms with Crippen molar-refractivity contribution in [2.24, 2.45) is 5.73 Å². The summed E-state index contributed by atoms with van der Waals surface area (Å²) in [6, 6.07) is 5.98. The zero-order valence-corrected chi connectivity index (χ0v) is 15.7. The molecule has 1 amide bonds. The Bertz CT molecular complexity index is 721. The van der Waals surface area contributed by atoms with E-state index in [-0.39, 0.29) is 29.0 Å². The Hall–Kier alpha value is -1.48. The van der Waals surface area contributed by atoms with Gasteiger partial charge < -0.3 is 15.8 Å². The minimum absolute atomic E-state index is 0.0614. The topological polar surface area (TPSA) is 111 Å². The summed E-state index contributed by atoms with van der Waals surface area (Å²) in [5.74, 6) is -0.214. The zero-order valence-electron chi connectivity index (χ0n) is 14.9. The Balaban J connectivity index is 1.62. The predicted octanol–water partition coefficient (Wildman–Crippen LogP) is 1.15. The molecule has 0 radical (unpaired) electrons. The molecule has 0 spiro atoms. The average Bonchev–Trinajstić information content (AvgIpc) is 3.32. The van der Waals surface area contributed by atoms with Crippen LogP contribution in [0.2, 0.25) is 0 Å². The first-order chi connectivity index (χ1) is 12.4. The van der Waals surface area contributed by atoms with Gasteiger partial charge in [-0.2, -0.15) is 0 Å². The fraction of sp³-hybridized carbons (Fsp3) is 0.611. The lowest BCUT2D eigenvalue weighted by molar-refractivity contribution is 0.0903. The number of ether oxygens (including phenoxy) is 1. The first-order valence-electron chi connectivity index (χ1n) is 9.18. The summed E-state index contributed by atoms with van der Waals surface area (Å²) in [7, 11) is -3.61. The highest BCUT2D eigenvalue weighted by Gasteiger charge is 2.34. The van der Waals surface area contributed by atoms with Gasteiger partial charge in [-0.1, -0.05) is 12.8 Å². The average molecular weight is 381 g/mol. The van der Waals surface area contributed by atoms with Crippen molar-refractivity contribution in [1.29, 1.82) is 0 Å². The van der Waals surface area contributed by atoms with Gasteiger partial charge in [0, 0.05) is 25.3 Å². The van der Waals surface area contributed by atoms with Crippen LogP contribution in [0.5, 0.6) is 0 Å². The van der Waals surface area contributed by atoms with Crippen LogP contribution in [-0.4, -0.2) is 45.7 Å². The molecule has 1 aliphatic carbocycles. The molecule has 4 N–H and O–H groups in total. The Labute approximate surface area is 154 Å². The number of sulfonamides is 1. The summed E-state index contributed by atoms with van der Waals surface area (Å²) in [6.07, 6.45) is 5.65. The van der Waals surface area contributed by atoms with Gasteiger partial charge in [-0.25, -0.2) is 13.1 Å². The van der Waals surface area contributed by atoms with E-state index in [0.29, 0.717) is 18.7 Å². The molecular formula is C18H27N3O4S. The quantitative estimate of drug-likeness (QED) is 0.656. The number of benzene rings is 1. The number of nitrogens with one attached hydrogen (secondary N) is 2. The molecule has 1 saturated heterocycles. The van der Waals surface area contributed by atoms with E-state index in [2.05, 4.69) is 10.0 Å². The SMILES string of the molecule is NCC1(NC(=O)c2ccc(S(=O)(=O)NCC3CCCO3)cc2)CCCC1. The number of amides is 1. The van der Waals surface area contributed by atoms with Gasteiger partial charge in [0.1, 0.15) is 0 Å². The Morgan fingerprint density at radius 2 is 1.88 bits per heavy atom. The minimum Gasteiger partial charge on any atom is -0.377 e. The second-order valence-corrected chi connectivity index (χ2v) is 8.92. The predicted molar refractivity (Wildman–Crippen MR) is 98.3 cm³/mol. The number of rotatable bonds is 7. The van der Waals surface area contributed by atoms with Crippen molar-refractivity contribution in [3.05, 3.63) is 29.8 Å². The van der Waals surface area contributed by atoms with E-state index >= 15 is 0 Å². The van der Waals surface area contributed by atoms with Gasteiger partial charge in [-0.05, 0) is 49.9 Å². The van der Waals surface area contributed by atoms with Crippen LogP contribution >= 0.6 is 0 Å². The van der Waals surface area contributed by atoms with Crippen molar-refractivity contribution in [3.8, 4) is 0 Å². The zero-order chi connectivity index (χ0) is 18.6. The molecule has 2 fully saturated rings. The van der Waals surface area contributed by atoms with Gasteiger partial charge in [0.05, 0.1) is 16.5 Å². The Kier molecular flexibility index (Phi) is 5.96. The molecule has 1 atom stereocenters. The van der Waals surface area contributed by atoms with Crippen molar-refractivity contribution in [3.63, 3.8) is 0 Å². The van der Waals surface area contributed by atoms with Crippen molar-refractivity contribution in [2.45, 2.75) is 55.1 Å². The van der Waals surface area contributed by atoms with Gasteiger partial charge in [-0.3, -0.25) is 4.79 Å². The maximum Gasteiger partial charge on any atom is 0.251 e. The van der Waals surface area contributed by atoms with E-state index in [9.17, 15) is 13.2 Å². The van der Waals surface area contributed by atoms with Gasteiger partial charge >= 0.3 is 0 Å². The molecule has 1 heterocycles. The Morgan fingerprint density at radius 1 is 1.19 bits per heavy atom. The van der Waals surface area contributed by atoms with Gasteiger partial charge in [0.2, 0.25) is 10.0 Å². The minimum atomic E-state index is -3.61. The molecule has 1 aliphatic heterocycles. The van der Waals surface area contributed by atoms with Crippen molar-refractivity contribution in [2.75, 3.05) is 19.7 Å². The summed E-state index contributed by atoms with van der Waals surface area (Å²) in [5.41, 5.74) is 5.95.